The van der Waals surface area contributed by atoms with Crippen molar-refractivity contribution in [3.8, 4) is 89.0 Å². The SMILES string of the molecule is Cc1ccc2c(-c3ccc4ccccc4c3)c3ccccc3c(-c3ccc4ccccc4c3)c2c1.c1ccc(-c2ccc(-c3c4ccccc4c(-c4ccc(-c5c6ccccc6c(-c6ccc(-c7ccccc7)cc6)c6ccccc56)cc4)c4ccccc34)cc2)cc1. The van der Waals surface area contributed by atoms with E-state index >= 15 is 0 Å². The zero-order valence-corrected chi connectivity index (χ0v) is 51.6. The van der Waals surface area contributed by atoms with E-state index in [0.29, 0.717) is 0 Å². The lowest BCUT2D eigenvalue weighted by Crippen LogP contribution is -1.92. The highest BCUT2D eigenvalue weighted by molar-refractivity contribution is 6.25. The van der Waals surface area contributed by atoms with Crippen molar-refractivity contribution in [1.82, 2.24) is 0 Å². The Bertz CT molecular complexity index is 5540. The van der Waals surface area contributed by atoms with Crippen molar-refractivity contribution in [3.63, 3.8) is 0 Å². The summed E-state index contributed by atoms with van der Waals surface area (Å²) in [6.07, 6.45) is 0. The van der Waals surface area contributed by atoms with Crippen LogP contribution in [0.4, 0.5) is 0 Å². The van der Waals surface area contributed by atoms with Crippen LogP contribution in [0.1, 0.15) is 5.56 Å². The summed E-state index contributed by atoms with van der Waals surface area (Å²) in [4.78, 5) is 0. The van der Waals surface area contributed by atoms with Crippen molar-refractivity contribution in [1.29, 1.82) is 0 Å². The first-order chi connectivity index (χ1) is 46.1. The average molecular weight is 1180 g/mol. The predicted molar refractivity (Wildman–Crippen MR) is 401 cm³/mol. The molecule has 0 unspecified atom stereocenters. The summed E-state index contributed by atoms with van der Waals surface area (Å²) in [5.41, 5.74) is 21.3. The maximum Gasteiger partial charge on any atom is -0.00261 e. The molecule has 18 aromatic carbocycles. The first kappa shape index (κ1) is 55.1. The zero-order chi connectivity index (χ0) is 61.8. The van der Waals surface area contributed by atoms with Gasteiger partial charge in [0.05, 0.1) is 0 Å². The number of hydrogen-bond acceptors (Lipinski definition) is 0. The maximum absolute atomic E-state index is 2.36. The second-order valence-electron chi connectivity index (χ2n) is 24.6. The summed E-state index contributed by atoms with van der Waals surface area (Å²) in [5, 5.41) is 20.4. The minimum atomic E-state index is 1.21. The number of aryl methyl sites for hydroxylation is 1. The molecular weight excluding hydrogens is 1120 g/mol. The number of fused-ring (bicyclic) bond motifs is 8. The number of benzene rings is 18. The van der Waals surface area contributed by atoms with Gasteiger partial charge in [-0.15, -0.1) is 0 Å². The third-order valence-corrected chi connectivity index (χ3v) is 19.1. The van der Waals surface area contributed by atoms with Crippen LogP contribution in [-0.4, -0.2) is 0 Å². The molecule has 0 aromatic heterocycles. The molecule has 0 saturated heterocycles. The van der Waals surface area contributed by atoms with Crippen molar-refractivity contribution in [2.75, 3.05) is 0 Å². The molecule has 0 aliphatic heterocycles. The molecule has 0 aliphatic carbocycles. The molecule has 0 aliphatic rings. The van der Waals surface area contributed by atoms with Gasteiger partial charge < -0.3 is 0 Å². The van der Waals surface area contributed by atoms with Gasteiger partial charge in [0.2, 0.25) is 0 Å². The highest BCUT2D eigenvalue weighted by atomic mass is 14.2. The zero-order valence-electron chi connectivity index (χ0n) is 51.6. The van der Waals surface area contributed by atoms with E-state index in [1.165, 1.54) is 181 Å². The smallest absolute Gasteiger partial charge is 0.00261 e. The molecule has 0 heterocycles. The van der Waals surface area contributed by atoms with Crippen LogP contribution in [0, 0.1) is 6.92 Å². The van der Waals surface area contributed by atoms with Gasteiger partial charge in [-0.05, 0) is 194 Å². The lowest BCUT2D eigenvalue weighted by Gasteiger charge is -2.19. The van der Waals surface area contributed by atoms with Crippen molar-refractivity contribution in [2.45, 2.75) is 6.92 Å². The van der Waals surface area contributed by atoms with E-state index < -0.39 is 0 Å². The van der Waals surface area contributed by atoms with E-state index in [2.05, 4.69) is 365 Å². The summed E-state index contributed by atoms with van der Waals surface area (Å²) in [7, 11) is 0. The summed E-state index contributed by atoms with van der Waals surface area (Å²) < 4.78 is 0. The molecule has 0 spiro atoms. The maximum atomic E-state index is 2.36. The first-order valence-corrected chi connectivity index (χ1v) is 32.3. The first-order valence-electron chi connectivity index (χ1n) is 32.3. The Morgan fingerprint density at radius 1 is 0.129 bits per heavy atom. The minimum absolute atomic E-state index is 1.21. The Morgan fingerprint density at radius 3 is 0.656 bits per heavy atom. The number of rotatable bonds is 8. The van der Waals surface area contributed by atoms with Gasteiger partial charge in [0.25, 0.3) is 0 Å². The quantitative estimate of drug-likeness (QED) is 0.133. The highest BCUT2D eigenvalue weighted by Gasteiger charge is 2.21. The summed E-state index contributed by atoms with van der Waals surface area (Å²) in [5.74, 6) is 0. The lowest BCUT2D eigenvalue weighted by molar-refractivity contribution is 1.51. The molecular formula is C93H62. The van der Waals surface area contributed by atoms with E-state index in [1.54, 1.807) is 0 Å². The largest absolute Gasteiger partial charge is 0.0622 e. The van der Waals surface area contributed by atoms with Gasteiger partial charge in [0.15, 0.2) is 0 Å². The molecule has 18 aromatic rings. The third-order valence-electron chi connectivity index (χ3n) is 19.1. The monoisotopic (exact) mass is 1180 g/mol. The Hall–Kier alpha value is -12.0. The van der Waals surface area contributed by atoms with E-state index in [1.807, 2.05) is 0 Å². The highest BCUT2D eigenvalue weighted by Crippen LogP contribution is 2.49. The third kappa shape index (κ3) is 9.89. The Kier molecular flexibility index (Phi) is 13.9. The van der Waals surface area contributed by atoms with Gasteiger partial charge in [-0.25, -0.2) is 0 Å². The molecule has 0 nitrogen and oxygen atoms in total. The molecule has 93 heavy (non-hydrogen) atoms. The topological polar surface area (TPSA) is 0 Å². The van der Waals surface area contributed by atoms with Gasteiger partial charge in [0.1, 0.15) is 0 Å². The Labute approximate surface area is 542 Å². The molecule has 0 fully saturated rings. The van der Waals surface area contributed by atoms with Crippen LogP contribution >= 0.6 is 0 Å². The van der Waals surface area contributed by atoms with Crippen molar-refractivity contribution in [2.24, 2.45) is 0 Å². The van der Waals surface area contributed by atoms with Gasteiger partial charge in [-0.3, -0.25) is 0 Å². The van der Waals surface area contributed by atoms with Crippen molar-refractivity contribution < 1.29 is 0 Å². The minimum Gasteiger partial charge on any atom is -0.0622 e. The standard InChI is InChI=1S/C58H38.C35H24/c1-3-15-39(16-4-1)41-27-31-43(32-28-41)55-47-19-7-11-23-51(47)57(52-24-12-8-20-48(52)55)45-35-37-46(38-36-45)58-53-25-13-9-21-49(53)56(50-22-10-14-26-54(50)58)44-33-29-42(30-34-44)40-17-5-2-6-18-40;1-23-14-19-32-33(20-23)35(29-18-16-25-9-3-5-11-27(25)22-29)31-13-7-6-12-30(31)34(32)28-17-15-24-8-2-4-10-26(24)21-28/h1-38H;2-22H,1H3. The second kappa shape index (κ2) is 23.4. The lowest BCUT2D eigenvalue weighted by atomic mass is 9.84. The predicted octanol–water partition coefficient (Wildman–Crippen LogP) is 26.2. The van der Waals surface area contributed by atoms with E-state index in [9.17, 15) is 0 Å². The molecule has 434 valence electrons. The molecule has 0 saturated carbocycles. The van der Waals surface area contributed by atoms with Gasteiger partial charge >= 0.3 is 0 Å². The van der Waals surface area contributed by atoms with Gasteiger partial charge in [-0.1, -0.05) is 351 Å². The molecule has 18 rings (SSSR count). The fourth-order valence-corrected chi connectivity index (χ4v) is 14.8. The number of hydrogen-bond donors (Lipinski definition) is 0. The van der Waals surface area contributed by atoms with Crippen LogP contribution < -0.4 is 0 Å². The van der Waals surface area contributed by atoms with Crippen LogP contribution in [0.25, 0.3) is 175 Å². The summed E-state index contributed by atoms with van der Waals surface area (Å²) in [6, 6.07) is 131. The Morgan fingerprint density at radius 2 is 0.344 bits per heavy atom. The van der Waals surface area contributed by atoms with Crippen LogP contribution in [0.3, 0.4) is 0 Å². The summed E-state index contributed by atoms with van der Waals surface area (Å²) in [6.45, 7) is 2.19. The van der Waals surface area contributed by atoms with Crippen LogP contribution in [-0.2, 0) is 0 Å². The fourth-order valence-electron chi connectivity index (χ4n) is 14.8. The van der Waals surface area contributed by atoms with Gasteiger partial charge in [-0.2, -0.15) is 0 Å². The van der Waals surface area contributed by atoms with Crippen LogP contribution in [0.5, 0.6) is 0 Å². The van der Waals surface area contributed by atoms with Crippen molar-refractivity contribution >= 4 is 86.2 Å². The van der Waals surface area contributed by atoms with Gasteiger partial charge in [0, 0.05) is 0 Å². The molecule has 0 N–H and O–H groups in total. The Balaban J connectivity index is 0.000000160. The summed E-state index contributed by atoms with van der Waals surface area (Å²) >= 11 is 0. The van der Waals surface area contributed by atoms with Crippen LogP contribution in [0.15, 0.2) is 358 Å². The van der Waals surface area contributed by atoms with E-state index in [4.69, 9.17) is 0 Å². The molecule has 0 bridgehead atoms. The second-order valence-corrected chi connectivity index (χ2v) is 24.6. The molecule has 0 amide bonds. The molecule has 0 heteroatoms. The van der Waals surface area contributed by atoms with Crippen LogP contribution in [0.2, 0.25) is 0 Å². The normalized spacial score (nSPS) is 11.5. The van der Waals surface area contributed by atoms with E-state index in [-0.39, 0.29) is 0 Å². The molecule has 0 atom stereocenters. The van der Waals surface area contributed by atoms with Crippen molar-refractivity contribution in [3.05, 3.63) is 363 Å². The van der Waals surface area contributed by atoms with E-state index in [0.717, 1.165) is 0 Å². The average Bonchev–Trinajstić information content (AvgIpc) is 0.761. The fraction of sp³-hybridized carbons (Fsp3) is 0.0108. The molecule has 0 radical (unpaired) electrons.